The molecule has 0 aliphatic carbocycles. The topological polar surface area (TPSA) is 90.9 Å². The Morgan fingerprint density at radius 2 is 2.12 bits per heavy atom. The van der Waals surface area contributed by atoms with Crippen LogP contribution in [0.25, 0.3) is 0 Å². The van der Waals surface area contributed by atoms with Gasteiger partial charge in [0, 0.05) is 13.6 Å². The fourth-order valence-corrected chi connectivity index (χ4v) is 2.55. The van der Waals surface area contributed by atoms with E-state index in [4.69, 9.17) is 5.11 Å². The fourth-order valence-electron chi connectivity index (χ4n) is 2.55. The summed E-state index contributed by atoms with van der Waals surface area (Å²) in [6.07, 6.45) is 0. The number of carboxylic acid groups (broad SMARTS) is 1. The molecule has 0 saturated carbocycles. The van der Waals surface area contributed by atoms with Gasteiger partial charge in [0.05, 0.1) is 12.0 Å². The molecule has 7 nitrogen and oxygen atoms in total. The molecule has 1 aliphatic heterocycles. The average Bonchev–Trinajstić information content (AvgIpc) is 3.01. The van der Waals surface area contributed by atoms with Crippen molar-refractivity contribution in [2.24, 2.45) is 5.92 Å². The zero-order valence-corrected chi connectivity index (χ0v) is 13.2. The highest BCUT2D eigenvalue weighted by Gasteiger charge is 2.37. The normalized spacial score (nSPS) is 21.5. The van der Waals surface area contributed by atoms with E-state index in [1.807, 2.05) is 0 Å². The number of benzene rings is 1. The number of nitrogens with one attached hydrogen (secondary N) is 2. The molecule has 1 saturated heterocycles. The largest absolute Gasteiger partial charge is 0.480 e. The molecule has 0 radical (unpaired) electrons. The monoisotopic (exact) mass is 343 g/mol. The zero-order chi connectivity index (χ0) is 17.9. The van der Waals surface area contributed by atoms with Gasteiger partial charge in [0.2, 0.25) is 5.91 Å². The Labute approximate surface area is 137 Å². The minimum absolute atomic E-state index is 0.00495. The van der Waals surface area contributed by atoms with Gasteiger partial charge in [0.1, 0.15) is 11.8 Å². The summed E-state index contributed by atoms with van der Waals surface area (Å²) in [5, 5.41) is 9.03. The minimum Gasteiger partial charge on any atom is -0.480 e. The summed E-state index contributed by atoms with van der Waals surface area (Å²) < 4.78 is 29.0. The molecule has 1 amide bonds. The Kier molecular flexibility index (Phi) is 5.68. The summed E-state index contributed by atoms with van der Waals surface area (Å²) in [6.45, 7) is -1.22. The van der Waals surface area contributed by atoms with Gasteiger partial charge in [-0.1, -0.05) is 12.1 Å². The third-order valence-corrected chi connectivity index (χ3v) is 4.03. The van der Waals surface area contributed by atoms with Gasteiger partial charge in [-0.15, -0.1) is 0 Å². The third kappa shape index (κ3) is 3.98. The molecular weight excluding hydrogens is 324 g/mol. The first kappa shape index (κ1) is 18.1. The van der Waals surface area contributed by atoms with Crippen molar-refractivity contribution in [3.63, 3.8) is 0 Å². The lowest BCUT2D eigenvalue weighted by Gasteiger charge is -2.27. The fraction of sp³-hybridized carbons (Fsp3) is 0.467. The average molecular weight is 343 g/mol. The van der Waals surface area contributed by atoms with Gasteiger partial charge in [-0.3, -0.25) is 10.2 Å². The van der Waals surface area contributed by atoms with Crippen LogP contribution in [0, 0.1) is 5.92 Å². The van der Waals surface area contributed by atoms with E-state index in [0.29, 0.717) is 12.1 Å². The molecule has 1 aliphatic rings. The lowest BCUT2D eigenvalue weighted by atomic mass is 9.93. The first-order valence-corrected chi connectivity index (χ1v) is 7.34. The first-order valence-electron chi connectivity index (χ1n) is 7.34. The molecule has 9 heteroatoms. The molecule has 24 heavy (non-hydrogen) atoms. The number of carbonyl (C=O) groups excluding carboxylic acids is 1. The number of nitrogens with zero attached hydrogens (tertiary/aromatic N) is 1. The van der Waals surface area contributed by atoms with Crippen molar-refractivity contribution < 1.29 is 28.2 Å². The zero-order valence-electron chi connectivity index (χ0n) is 13.2. The Morgan fingerprint density at radius 3 is 2.75 bits per heavy atom. The molecule has 2 rings (SSSR count). The number of carboxylic acids is 1. The van der Waals surface area contributed by atoms with Crippen LogP contribution in [0.4, 0.5) is 8.78 Å². The van der Waals surface area contributed by atoms with Crippen LogP contribution in [-0.4, -0.2) is 48.1 Å². The van der Waals surface area contributed by atoms with Crippen molar-refractivity contribution in [2.75, 3.05) is 13.6 Å². The van der Waals surface area contributed by atoms with Crippen LogP contribution in [0.15, 0.2) is 24.3 Å². The van der Waals surface area contributed by atoms with Crippen molar-refractivity contribution >= 4 is 11.9 Å². The number of hydrazine groups is 1. The van der Waals surface area contributed by atoms with Gasteiger partial charge in [-0.05, 0) is 24.6 Å². The number of hydrogen-bond donors (Lipinski definition) is 3. The molecule has 1 fully saturated rings. The highest BCUT2D eigenvalue weighted by molar-refractivity contribution is 5.85. The Hall–Kier alpha value is -2.26. The number of aliphatic carboxylic acids is 1. The number of halogens is 2. The van der Waals surface area contributed by atoms with Gasteiger partial charge in [0.15, 0.2) is 0 Å². The number of likely N-dealkylation sites (N-methyl/N-ethyl adjacent to an activating group) is 1. The first-order chi connectivity index (χ1) is 11.3. The predicted octanol–water partition coefficient (Wildman–Crippen LogP) is 0.985. The molecule has 1 aromatic carbocycles. The van der Waals surface area contributed by atoms with Gasteiger partial charge in [0.25, 0.3) is 0 Å². The van der Waals surface area contributed by atoms with Gasteiger partial charge in [-0.2, -0.15) is 8.78 Å². The van der Waals surface area contributed by atoms with Crippen LogP contribution in [0.2, 0.25) is 0 Å². The summed E-state index contributed by atoms with van der Waals surface area (Å²) in [5.41, 5.74) is 6.36. The molecule has 3 atom stereocenters. The highest BCUT2D eigenvalue weighted by Crippen LogP contribution is 2.29. The molecule has 1 heterocycles. The van der Waals surface area contributed by atoms with Crippen LogP contribution in [0.1, 0.15) is 18.5 Å². The van der Waals surface area contributed by atoms with E-state index in [1.165, 1.54) is 26.1 Å². The standard InChI is InChI=1S/C15H19F2N3O4/c1-8(14(22)23)20(2)13(21)11-7-18-19-12(11)9-4-3-5-10(6-9)24-15(16)17/h3-6,8,11-12,15,18-19H,7H2,1-2H3,(H,22,23). The lowest BCUT2D eigenvalue weighted by Crippen LogP contribution is -2.45. The van der Waals surface area contributed by atoms with E-state index in [0.717, 1.165) is 4.90 Å². The Balaban J connectivity index is 2.18. The minimum atomic E-state index is -2.94. The molecule has 0 aromatic heterocycles. The highest BCUT2D eigenvalue weighted by atomic mass is 19.3. The van der Waals surface area contributed by atoms with E-state index in [2.05, 4.69) is 15.6 Å². The van der Waals surface area contributed by atoms with E-state index in [9.17, 15) is 18.4 Å². The van der Waals surface area contributed by atoms with Crippen LogP contribution >= 0.6 is 0 Å². The van der Waals surface area contributed by atoms with Gasteiger partial charge >= 0.3 is 12.6 Å². The summed E-state index contributed by atoms with van der Waals surface area (Å²) >= 11 is 0. The van der Waals surface area contributed by atoms with E-state index >= 15 is 0 Å². The van der Waals surface area contributed by atoms with E-state index in [1.54, 1.807) is 12.1 Å². The lowest BCUT2D eigenvalue weighted by molar-refractivity contribution is -0.149. The van der Waals surface area contributed by atoms with Gasteiger partial charge in [-0.25, -0.2) is 10.2 Å². The summed E-state index contributed by atoms with van der Waals surface area (Å²) in [6, 6.07) is 4.61. The number of rotatable bonds is 6. The summed E-state index contributed by atoms with van der Waals surface area (Å²) in [4.78, 5) is 24.8. The summed E-state index contributed by atoms with van der Waals surface area (Å²) in [7, 11) is 1.42. The number of carbonyl (C=O) groups is 2. The molecule has 3 unspecified atom stereocenters. The molecule has 3 N–H and O–H groups in total. The molecular formula is C15H19F2N3O4. The van der Waals surface area contributed by atoms with E-state index < -0.39 is 30.6 Å². The molecule has 132 valence electrons. The molecule has 0 bridgehead atoms. The second kappa shape index (κ2) is 7.54. The van der Waals surface area contributed by atoms with Crippen LogP contribution in [0.5, 0.6) is 5.75 Å². The Morgan fingerprint density at radius 1 is 1.42 bits per heavy atom. The van der Waals surface area contributed by atoms with Crippen molar-refractivity contribution in [3.05, 3.63) is 29.8 Å². The van der Waals surface area contributed by atoms with Crippen LogP contribution < -0.4 is 15.6 Å². The maximum Gasteiger partial charge on any atom is 0.387 e. The predicted molar refractivity (Wildman–Crippen MR) is 80.3 cm³/mol. The van der Waals surface area contributed by atoms with Crippen molar-refractivity contribution in [2.45, 2.75) is 25.6 Å². The maximum atomic E-state index is 12.6. The second-order valence-corrected chi connectivity index (χ2v) is 5.52. The van der Waals surface area contributed by atoms with E-state index in [-0.39, 0.29) is 11.7 Å². The number of alkyl halides is 2. The SMILES string of the molecule is CC(C(=O)O)N(C)C(=O)C1CNNC1c1cccc(OC(F)F)c1. The van der Waals surface area contributed by atoms with Crippen molar-refractivity contribution in [1.29, 1.82) is 0 Å². The Bertz CT molecular complexity index is 614. The van der Waals surface area contributed by atoms with Crippen LogP contribution in [0.3, 0.4) is 0 Å². The van der Waals surface area contributed by atoms with Crippen molar-refractivity contribution in [1.82, 2.24) is 15.8 Å². The maximum absolute atomic E-state index is 12.6. The van der Waals surface area contributed by atoms with Crippen LogP contribution in [-0.2, 0) is 9.59 Å². The number of hydrogen-bond acceptors (Lipinski definition) is 5. The smallest absolute Gasteiger partial charge is 0.387 e. The number of amides is 1. The third-order valence-electron chi connectivity index (χ3n) is 4.03. The van der Waals surface area contributed by atoms with Crippen molar-refractivity contribution in [3.8, 4) is 5.75 Å². The second-order valence-electron chi connectivity index (χ2n) is 5.52. The number of ether oxygens (including phenoxy) is 1. The quantitative estimate of drug-likeness (QED) is 0.713. The van der Waals surface area contributed by atoms with Gasteiger partial charge < -0.3 is 14.7 Å². The molecule has 1 aromatic rings. The summed E-state index contributed by atoms with van der Waals surface area (Å²) in [5.74, 6) is -2.03. The molecule has 0 spiro atoms.